The summed E-state index contributed by atoms with van der Waals surface area (Å²) in [5, 5.41) is 3.12. The lowest BCUT2D eigenvalue weighted by Crippen LogP contribution is -2.37. The highest BCUT2D eigenvalue weighted by molar-refractivity contribution is 7.89. The van der Waals surface area contributed by atoms with Crippen molar-refractivity contribution < 1.29 is 13.2 Å². The van der Waals surface area contributed by atoms with Gasteiger partial charge in [0.2, 0.25) is 10.0 Å². The topological polar surface area (TPSA) is 84.3 Å². The van der Waals surface area contributed by atoms with Crippen LogP contribution in [-0.2, 0) is 16.6 Å². The fourth-order valence-corrected chi connectivity index (χ4v) is 5.89. The monoisotopic (exact) mass is 430 g/mol. The van der Waals surface area contributed by atoms with Crippen LogP contribution in [0.15, 0.2) is 35.5 Å². The molecule has 8 heteroatoms. The zero-order valence-electron chi connectivity index (χ0n) is 17.7. The van der Waals surface area contributed by atoms with E-state index in [9.17, 15) is 13.2 Å². The molecular formula is C22H30N4O3S. The minimum absolute atomic E-state index is 0.136. The molecule has 1 aromatic carbocycles. The number of benzene rings is 1. The van der Waals surface area contributed by atoms with Crippen LogP contribution in [0, 0.1) is 5.92 Å². The van der Waals surface area contributed by atoms with Crippen LogP contribution in [0.5, 0.6) is 0 Å². The van der Waals surface area contributed by atoms with Gasteiger partial charge in [0, 0.05) is 12.6 Å². The Morgan fingerprint density at radius 2 is 1.93 bits per heavy atom. The molecule has 2 heterocycles. The molecule has 2 aliphatic rings. The average Bonchev–Trinajstić information content (AvgIpc) is 3.11. The van der Waals surface area contributed by atoms with Crippen LogP contribution in [0.2, 0.25) is 0 Å². The van der Waals surface area contributed by atoms with Gasteiger partial charge in [-0.05, 0) is 37.3 Å². The molecule has 4 rings (SSSR count). The summed E-state index contributed by atoms with van der Waals surface area (Å²) in [7, 11) is -3.67. The number of carbonyl (C=O) groups is 1. The summed E-state index contributed by atoms with van der Waals surface area (Å²) < 4.78 is 30.0. The van der Waals surface area contributed by atoms with Crippen LogP contribution < -0.4 is 5.32 Å². The van der Waals surface area contributed by atoms with Crippen LogP contribution in [0.1, 0.15) is 68.6 Å². The molecule has 0 bridgehead atoms. The Labute approximate surface area is 178 Å². The van der Waals surface area contributed by atoms with Crippen molar-refractivity contribution in [3.8, 4) is 5.69 Å². The first-order valence-corrected chi connectivity index (χ1v) is 12.3. The standard InChI is InChI=1S/C22H30N4O3S/c1-16(2)12-13-25-14-19-21(22(27)24-17-8-4-3-5-9-17)23-15-26(19)18-10-6-7-11-20(18)30(25,28)29/h6-7,10-11,15-17H,3-5,8-9,12-14H2,1-2H3,(H,24,27). The second-order valence-electron chi connectivity index (χ2n) is 8.71. The van der Waals surface area contributed by atoms with Crippen molar-refractivity contribution in [2.45, 2.75) is 69.9 Å². The summed E-state index contributed by atoms with van der Waals surface area (Å²) in [5.41, 5.74) is 1.49. The third kappa shape index (κ3) is 4.03. The predicted molar refractivity (Wildman–Crippen MR) is 115 cm³/mol. The Morgan fingerprint density at radius 1 is 1.20 bits per heavy atom. The molecule has 0 saturated heterocycles. The molecule has 0 radical (unpaired) electrons. The number of sulfonamides is 1. The Hall–Kier alpha value is -2.19. The van der Waals surface area contributed by atoms with Crippen LogP contribution in [0.3, 0.4) is 0 Å². The largest absolute Gasteiger partial charge is 0.348 e. The Bertz CT molecular complexity index is 1020. The highest BCUT2D eigenvalue weighted by atomic mass is 32.2. The number of nitrogens with one attached hydrogen (secondary N) is 1. The second-order valence-corrected chi connectivity index (χ2v) is 10.6. The van der Waals surface area contributed by atoms with Crippen molar-refractivity contribution in [1.29, 1.82) is 0 Å². The number of aromatic nitrogens is 2. The van der Waals surface area contributed by atoms with E-state index in [0.29, 0.717) is 29.5 Å². The van der Waals surface area contributed by atoms with Gasteiger partial charge >= 0.3 is 0 Å². The van der Waals surface area contributed by atoms with Crippen LogP contribution in [0.4, 0.5) is 0 Å². The van der Waals surface area contributed by atoms with E-state index in [1.54, 1.807) is 29.1 Å². The molecule has 30 heavy (non-hydrogen) atoms. The second kappa shape index (κ2) is 8.51. The summed E-state index contributed by atoms with van der Waals surface area (Å²) >= 11 is 0. The number of hydrogen-bond donors (Lipinski definition) is 1. The van der Waals surface area contributed by atoms with Crippen molar-refractivity contribution in [3.63, 3.8) is 0 Å². The molecule has 0 spiro atoms. The van der Waals surface area contributed by atoms with Crippen molar-refractivity contribution in [2.24, 2.45) is 5.92 Å². The summed E-state index contributed by atoms with van der Waals surface area (Å²) in [4.78, 5) is 17.7. The minimum atomic E-state index is -3.67. The number of carbonyl (C=O) groups excluding carboxylic acids is 1. The maximum absolute atomic E-state index is 13.4. The highest BCUT2D eigenvalue weighted by Crippen LogP contribution is 2.31. The molecule has 1 N–H and O–H groups in total. The number of para-hydroxylation sites is 1. The average molecular weight is 431 g/mol. The summed E-state index contributed by atoms with van der Waals surface area (Å²) in [6.07, 6.45) is 7.76. The van der Waals surface area contributed by atoms with Gasteiger partial charge in [0.1, 0.15) is 11.2 Å². The van der Waals surface area contributed by atoms with Crippen LogP contribution in [-0.4, -0.2) is 40.8 Å². The Morgan fingerprint density at radius 3 is 2.67 bits per heavy atom. The van der Waals surface area contributed by atoms with Gasteiger partial charge in [-0.3, -0.25) is 9.36 Å². The fourth-order valence-electron chi connectivity index (χ4n) is 4.29. The molecule has 1 aromatic heterocycles. The van der Waals surface area contributed by atoms with E-state index in [-0.39, 0.29) is 23.4 Å². The molecule has 1 aliphatic carbocycles. The van der Waals surface area contributed by atoms with E-state index in [2.05, 4.69) is 24.1 Å². The van der Waals surface area contributed by atoms with Gasteiger partial charge < -0.3 is 5.32 Å². The van der Waals surface area contributed by atoms with Crippen molar-refractivity contribution in [1.82, 2.24) is 19.2 Å². The fraction of sp³-hybridized carbons (Fsp3) is 0.545. The maximum Gasteiger partial charge on any atom is 0.272 e. The van der Waals surface area contributed by atoms with Gasteiger partial charge in [-0.2, -0.15) is 4.31 Å². The van der Waals surface area contributed by atoms with E-state index in [0.717, 1.165) is 32.1 Å². The minimum Gasteiger partial charge on any atom is -0.348 e. The third-order valence-corrected chi connectivity index (χ3v) is 7.94. The molecule has 7 nitrogen and oxygen atoms in total. The molecule has 162 valence electrons. The lowest BCUT2D eigenvalue weighted by molar-refractivity contribution is 0.0921. The lowest BCUT2D eigenvalue weighted by atomic mass is 9.95. The molecule has 1 fully saturated rings. The van der Waals surface area contributed by atoms with Crippen molar-refractivity contribution in [2.75, 3.05) is 6.54 Å². The number of fused-ring (bicyclic) bond motifs is 3. The molecule has 0 atom stereocenters. The zero-order valence-corrected chi connectivity index (χ0v) is 18.5. The Balaban J connectivity index is 1.72. The molecule has 1 saturated carbocycles. The quantitative estimate of drug-likeness (QED) is 0.787. The SMILES string of the molecule is CC(C)CCN1Cc2c(C(=O)NC3CCCCC3)ncn2-c2ccccc2S1(=O)=O. The first kappa shape index (κ1) is 21.1. The van der Waals surface area contributed by atoms with E-state index in [1.807, 2.05) is 6.07 Å². The maximum atomic E-state index is 13.4. The van der Waals surface area contributed by atoms with Crippen LogP contribution in [0.25, 0.3) is 5.69 Å². The van der Waals surface area contributed by atoms with Gasteiger partial charge in [0.05, 0.1) is 17.9 Å². The molecule has 1 amide bonds. The lowest BCUT2D eigenvalue weighted by Gasteiger charge is -2.23. The summed E-state index contributed by atoms with van der Waals surface area (Å²) in [5.74, 6) is 0.161. The molecule has 0 unspecified atom stereocenters. The van der Waals surface area contributed by atoms with Gasteiger partial charge in [0.15, 0.2) is 5.69 Å². The number of hydrogen-bond acceptors (Lipinski definition) is 4. The third-order valence-electron chi connectivity index (χ3n) is 6.05. The number of nitrogens with zero attached hydrogens (tertiary/aromatic N) is 3. The molecule has 1 aliphatic heterocycles. The van der Waals surface area contributed by atoms with E-state index < -0.39 is 10.0 Å². The normalized spacial score (nSPS) is 19.2. The van der Waals surface area contributed by atoms with E-state index in [4.69, 9.17) is 0 Å². The number of amides is 1. The number of rotatable bonds is 5. The summed E-state index contributed by atoms with van der Waals surface area (Å²) in [6, 6.07) is 7.11. The van der Waals surface area contributed by atoms with E-state index in [1.165, 1.54) is 10.7 Å². The van der Waals surface area contributed by atoms with Gasteiger partial charge in [0.25, 0.3) is 5.91 Å². The zero-order chi connectivity index (χ0) is 21.3. The van der Waals surface area contributed by atoms with Gasteiger partial charge in [-0.1, -0.05) is 45.2 Å². The van der Waals surface area contributed by atoms with Crippen molar-refractivity contribution in [3.05, 3.63) is 42.0 Å². The van der Waals surface area contributed by atoms with Gasteiger partial charge in [-0.15, -0.1) is 0 Å². The first-order chi connectivity index (χ1) is 14.4. The molecule has 2 aromatic rings. The van der Waals surface area contributed by atoms with Gasteiger partial charge in [-0.25, -0.2) is 13.4 Å². The van der Waals surface area contributed by atoms with Crippen LogP contribution >= 0.6 is 0 Å². The molecular weight excluding hydrogens is 400 g/mol. The number of imidazole rings is 1. The van der Waals surface area contributed by atoms with E-state index >= 15 is 0 Å². The predicted octanol–water partition coefficient (Wildman–Crippen LogP) is 3.49. The highest BCUT2D eigenvalue weighted by Gasteiger charge is 2.35. The van der Waals surface area contributed by atoms with Crippen molar-refractivity contribution >= 4 is 15.9 Å². The Kier molecular flexibility index (Phi) is 5.97. The smallest absolute Gasteiger partial charge is 0.272 e. The summed E-state index contributed by atoms with van der Waals surface area (Å²) in [6.45, 7) is 4.69. The first-order valence-electron chi connectivity index (χ1n) is 10.8.